The van der Waals surface area contributed by atoms with Crippen LogP contribution in [0.5, 0.6) is 0 Å². The van der Waals surface area contributed by atoms with Crippen molar-refractivity contribution in [2.24, 2.45) is 0 Å². The van der Waals surface area contributed by atoms with E-state index in [0.717, 1.165) is 0 Å². The zero-order valence-electron chi connectivity index (χ0n) is 3.77. The van der Waals surface area contributed by atoms with Gasteiger partial charge in [-0.25, -0.2) is 0 Å². The van der Waals surface area contributed by atoms with Crippen LogP contribution in [0.1, 0.15) is 0 Å². The Morgan fingerprint density at radius 2 is 1.44 bits per heavy atom. The summed E-state index contributed by atoms with van der Waals surface area (Å²) in [4.78, 5) is 0. The molecule has 0 unspecified atom stereocenters. The second-order valence-corrected chi connectivity index (χ2v) is 2.02. The summed E-state index contributed by atoms with van der Waals surface area (Å²) in [5.41, 5.74) is 0. The molecule has 0 aliphatic rings. The van der Waals surface area contributed by atoms with Crippen LogP contribution in [0.25, 0.3) is 0 Å². The summed E-state index contributed by atoms with van der Waals surface area (Å²) >= 11 is 0.612. The third-order valence-corrected chi connectivity index (χ3v) is 0.888. The normalized spacial score (nSPS) is 15.4. The van der Waals surface area contributed by atoms with Crippen LogP contribution in [-0.2, 0) is 0 Å². The number of halogens is 5. The van der Waals surface area contributed by atoms with E-state index in [-0.39, 0.29) is 0 Å². The van der Waals surface area contributed by atoms with E-state index >= 15 is 0 Å². The Labute approximate surface area is 79.8 Å². The topological polar surface area (TPSA) is 0 Å². The molecule has 0 nitrogen and oxygen atoms in total. The Morgan fingerprint density at radius 3 is 1.44 bits per heavy atom. The van der Waals surface area contributed by atoms with Gasteiger partial charge in [0, 0.05) is 0 Å². The van der Waals surface area contributed by atoms with Gasteiger partial charge in [-0.15, -0.1) is 0 Å². The SMILES string of the molecule is F/C([XeH])=C(/F)C(F)(F)F. The molecular formula is C3HF5Xe. The van der Waals surface area contributed by atoms with Crippen molar-refractivity contribution < 1.29 is 68.5 Å². The third-order valence-electron chi connectivity index (χ3n) is 0.415. The fourth-order valence-corrected chi connectivity index (χ4v) is 0.413. The molecule has 0 aromatic carbocycles. The van der Waals surface area contributed by atoms with Gasteiger partial charge < -0.3 is 0 Å². The number of rotatable bonds is 0. The fraction of sp³-hybridized carbons (Fsp3) is 0.333. The second-order valence-electron chi connectivity index (χ2n) is 1.07. The van der Waals surface area contributed by atoms with Crippen LogP contribution in [-0.4, -0.2) is 6.18 Å². The molecule has 0 aliphatic carbocycles. The number of hydrogen-bond donors (Lipinski definition) is 0. The van der Waals surface area contributed by atoms with Gasteiger partial charge in [0.15, 0.2) is 0 Å². The van der Waals surface area contributed by atoms with Crippen molar-refractivity contribution in [1.82, 2.24) is 0 Å². The van der Waals surface area contributed by atoms with Gasteiger partial charge in [-0.05, 0) is 0 Å². The van der Waals surface area contributed by atoms with E-state index in [1.54, 1.807) is 0 Å². The first-order chi connectivity index (χ1) is 3.85. The Kier molecular flexibility index (Phi) is 3.74. The molecular weight excluding hydrogens is 262 g/mol. The molecule has 0 rings (SSSR count). The van der Waals surface area contributed by atoms with Crippen LogP contribution < -0.4 is 0 Å². The zero-order chi connectivity index (χ0) is 7.65. The van der Waals surface area contributed by atoms with Gasteiger partial charge in [0.25, 0.3) is 0 Å². The van der Waals surface area contributed by atoms with E-state index in [4.69, 9.17) is 0 Å². The third kappa shape index (κ3) is 3.61. The molecule has 9 heavy (non-hydrogen) atoms. The summed E-state index contributed by atoms with van der Waals surface area (Å²) in [6.07, 6.45) is -5.19. The minimum absolute atomic E-state index is 0.612. The summed E-state index contributed by atoms with van der Waals surface area (Å²) in [5, 5.41) is 0. The summed E-state index contributed by atoms with van der Waals surface area (Å²) in [7, 11) is 0. The molecule has 0 amide bonds. The fourth-order valence-electron chi connectivity index (χ4n) is 0.107. The van der Waals surface area contributed by atoms with Crippen molar-refractivity contribution in [3.63, 3.8) is 0 Å². The molecule has 0 radical (unpaired) electrons. The van der Waals surface area contributed by atoms with Crippen LogP contribution in [0.15, 0.2) is 6.12 Å². The minimum atomic E-state index is -5.19. The quantitative estimate of drug-likeness (QED) is 0.586. The van der Waals surface area contributed by atoms with Crippen LogP contribution in [0.2, 0.25) is 0 Å². The molecule has 0 N–H and O–H groups in total. The van der Waals surface area contributed by atoms with Gasteiger partial charge in [-0.2, -0.15) is 0 Å². The van der Waals surface area contributed by atoms with Crippen molar-refractivity contribution in [2.75, 3.05) is 0 Å². The predicted molar refractivity (Wildman–Crippen MR) is 16.7 cm³/mol. The van der Waals surface area contributed by atoms with E-state index in [2.05, 4.69) is 0 Å². The number of allylic oxidation sites excluding steroid dienone is 1. The van der Waals surface area contributed by atoms with Crippen molar-refractivity contribution in [3.8, 4) is 0 Å². The molecule has 56 valence electrons. The molecule has 0 saturated heterocycles. The number of alkyl halides is 3. The van der Waals surface area contributed by atoms with Crippen molar-refractivity contribution >= 4 is 0 Å². The first-order valence-corrected chi connectivity index (χ1v) is 2.71. The van der Waals surface area contributed by atoms with E-state index in [9.17, 15) is 22.0 Å². The Morgan fingerprint density at radius 1 is 1.11 bits per heavy atom. The van der Waals surface area contributed by atoms with Gasteiger partial charge in [-0.1, -0.05) is 0 Å². The summed E-state index contributed by atoms with van der Waals surface area (Å²) < 4.78 is 54.0. The molecule has 0 spiro atoms. The Hall–Kier alpha value is 0.961. The molecule has 0 heterocycles. The van der Waals surface area contributed by atoms with Gasteiger partial charge in [0.2, 0.25) is 0 Å². The van der Waals surface area contributed by atoms with Gasteiger partial charge in [0.05, 0.1) is 0 Å². The van der Waals surface area contributed by atoms with Crippen LogP contribution in [0, 0.1) is 46.5 Å². The van der Waals surface area contributed by atoms with E-state index in [1.807, 2.05) is 0 Å². The van der Waals surface area contributed by atoms with Crippen molar-refractivity contribution in [2.45, 2.75) is 6.18 Å². The van der Waals surface area contributed by atoms with Crippen molar-refractivity contribution in [3.05, 3.63) is 6.12 Å². The predicted octanol–water partition coefficient (Wildman–Crippen LogP) is 1.94. The van der Waals surface area contributed by atoms with Gasteiger partial charge >= 0.3 is 80.8 Å². The van der Waals surface area contributed by atoms with Crippen LogP contribution in [0.4, 0.5) is 22.0 Å². The second kappa shape index (κ2) is 3.38. The van der Waals surface area contributed by atoms with E-state index in [0.29, 0.717) is 46.5 Å². The van der Waals surface area contributed by atoms with Gasteiger partial charge in [-0.3, -0.25) is 0 Å². The molecule has 0 fully saturated rings. The molecule has 0 aromatic heterocycles. The maximum absolute atomic E-state index is 11.4. The zero-order valence-corrected chi connectivity index (χ0v) is 5.93. The monoisotopic (exact) mass is 264 g/mol. The Bertz CT molecular complexity index is 130. The molecule has 0 aliphatic heterocycles. The molecule has 6 heteroatoms. The molecule has 0 bridgehead atoms. The van der Waals surface area contributed by atoms with Crippen LogP contribution in [0.3, 0.4) is 0 Å². The maximum atomic E-state index is 11.4. The Balaban J connectivity index is 4.40. The summed E-state index contributed by atoms with van der Waals surface area (Å²) in [6.45, 7) is 0. The number of hydrogen-bond acceptors (Lipinski definition) is 0. The summed E-state index contributed by atoms with van der Waals surface area (Å²) in [6, 6.07) is 0. The first-order valence-electron chi connectivity index (χ1n) is 1.63. The molecule has 0 atom stereocenters. The molecule has 0 aromatic rings. The van der Waals surface area contributed by atoms with Gasteiger partial charge in [0.1, 0.15) is 0 Å². The van der Waals surface area contributed by atoms with E-state index < -0.39 is 12.3 Å². The average Bonchev–Trinajstić information content (AvgIpc) is 1.62. The molecule has 0 saturated carbocycles. The van der Waals surface area contributed by atoms with Crippen molar-refractivity contribution in [1.29, 1.82) is 0 Å². The van der Waals surface area contributed by atoms with E-state index in [1.165, 1.54) is 0 Å². The standard InChI is InChI=1S/C3HF5Xe/c4-1(2(5)9)3(6,7)8/h9H/b2-1-. The van der Waals surface area contributed by atoms with Crippen LogP contribution >= 0.6 is 0 Å². The average molecular weight is 263 g/mol. The first kappa shape index (κ1) is 9.96. The summed E-state index contributed by atoms with van der Waals surface area (Å²) in [5.74, 6) is -2.68.